The first kappa shape index (κ1) is 22.4. The predicted molar refractivity (Wildman–Crippen MR) is 113 cm³/mol. The van der Waals surface area contributed by atoms with Crippen molar-refractivity contribution in [3.8, 4) is 0 Å². The number of hydrogen-bond acceptors (Lipinski definition) is 7. The Hall–Kier alpha value is -1.33. The van der Waals surface area contributed by atoms with Crippen molar-refractivity contribution in [2.45, 2.75) is 29.0 Å². The highest BCUT2D eigenvalue weighted by Gasteiger charge is 2.36. The van der Waals surface area contributed by atoms with E-state index in [2.05, 4.69) is 15.5 Å². The van der Waals surface area contributed by atoms with Crippen LogP contribution in [0.4, 0.5) is 15.8 Å². The first-order valence-electron chi connectivity index (χ1n) is 9.61. The Kier molecular flexibility index (Phi) is 8.19. The van der Waals surface area contributed by atoms with Gasteiger partial charge in [-0.3, -0.25) is 14.5 Å². The summed E-state index contributed by atoms with van der Waals surface area (Å²) in [6.07, 6.45) is 0.955. The van der Waals surface area contributed by atoms with Gasteiger partial charge in [-0.2, -0.15) is 0 Å². The molecule has 3 rings (SSSR count). The van der Waals surface area contributed by atoms with Crippen molar-refractivity contribution in [3.05, 3.63) is 22.6 Å². The zero-order chi connectivity index (χ0) is 20.8. The first-order chi connectivity index (χ1) is 14.0. The molecule has 2 fully saturated rings. The number of carbonyl (C=O) groups is 1. The second kappa shape index (κ2) is 10.6. The molecule has 0 radical (unpaired) electrons. The minimum atomic E-state index is -0.740. The van der Waals surface area contributed by atoms with Gasteiger partial charge in [-0.25, -0.2) is 4.39 Å². The van der Waals surface area contributed by atoms with E-state index in [1.54, 1.807) is 6.07 Å². The van der Waals surface area contributed by atoms with Crippen LogP contribution in [0.25, 0.3) is 0 Å². The monoisotopic (exact) mass is 448 g/mol. The summed E-state index contributed by atoms with van der Waals surface area (Å²) >= 11 is 7.16. The second-order valence-corrected chi connectivity index (χ2v) is 9.06. The largest absolute Gasteiger partial charge is 0.391 e. The Morgan fingerprint density at radius 2 is 2.14 bits per heavy atom. The SMILES string of the molecule is O=C(Nc1cc(NCCN2CCOCC2)c(=O)n(CCF)c1)C1CC(O)C(Cl)S1. The molecular formula is C18H26ClFN4O4S. The minimum absolute atomic E-state index is 0.0959. The van der Waals surface area contributed by atoms with E-state index < -0.39 is 22.7 Å². The van der Waals surface area contributed by atoms with Crippen molar-refractivity contribution in [2.75, 3.05) is 56.7 Å². The van der Waals surface area contributed by atoms with Gasteiger partial charge in [0.15, 0.2) is 0 Å². The third-order valence-electron chi connectivity index (χ3n) is 4.87. The average molecular weight is 449 g/mol. The van der Waals surface area contributed by atoms with Crippen LogP contribution in [-0.4, -0.2) is 82.6 Å². The maximum Gasteiger partial charge on any atom is 0.274 e. The number of amides is 1. The molecule has 0 aliphatic carbocycles. The molecule has 2 saturated heterocycles. The van der Waals surface area contributed by atoms with Gasteiger partial charge in [0.25, 0.3) is 5.56 Å². The van der Waals surface area contributed by atoms with E-state index in [0.29, 0.717) is 31.1 Å². The van der Waals surface area contributed by atoms with Crippen LogP contribution in [0.15, 0.2) is 17.1 Å². The number of nitrogens with one attached hydrogen (secondary N) is 2. The molecular weight excluding hydrogens is 423 g/mol. The Morgan fingerprint density at radius 1 is 1.38 bits per heavy atom. The number of aryl methyl sites for hydroxylation is 1. The van der Waals surface area contributed by atoms with Gasteiger partial charge < -0.3 is 25.0 Å². The van der Waals surface area contributed by atoms with Gasteiger partial charge in [0.1, 0.15) is 17.1 Å². The topological polar surface area (TPSA) is 95.8 Å². The van der Waals surface area contributed by atoms with Gasteiger partial charge in [0.2, 0.25) is 5.91 Å². The fourth-order valence-electron chi connectivity index (χ4n) is 3.28. The zero-order valence-corrected chi connectivity index (χ0v) is 17.6. The molecule has 0 aromatic carbocycles. The van der Waals surface area contributed by atoms with E-state index in [0.717, 1.165) is 19.6 Å². The highest BCUT2D eigenvalue weighted by Crippen LogP contribution is 2.37. The van der Waals surface area contributed by atoms with Crippen molar-refractivity contribution < 1.29 is 19.0 Å². The molecule has 0 saturated carbocycles. The number of alkyl halides is 2. The number of carbonyl (C=O) groups excluding carboxylic acids is 1. The Morgan fingerprint density at radius 3 is 2.79 bits per heavy atom. The predicted octanol–water partition coefficient (Wildman–Crippen LogP) is 0.932. The Bertz CT molecular complexity index is 752. The minimum Gasteiger partial charge on any atom is -0.391 e. The lowest BCUT2D eigenvalue weighted by Crippen LogP contribution is -2.39. The summed E-state index contributed by atoms with van der Waals surface area (Å²) in [4.78, 5) is 27.3. The number of pyridine rings is 1. The molecule has 11 heteroatoms. The molecule has 29 heavy (non-hydrogen) atoms. The standard InChI is InChI=1S/C18H26ClFN4O4S/c19-16-14(25)10-15(29-16)17(26)22-12-9-13(18(27)24(11-12)3-1-20)21-2-4-23-5-7-28-8-6-23/h9,11,14-16,21,25H,1-8,10H2,(H,22,26). The third kappa shape index (κ3) is 6.08. The third-order valence-corrected chi connectivity index (χ3v) is 6.78. The number of morpholine rings is 1. The van der Waals surface area contributed by atoms with Crippen LogP contribution < -0.4 is 16.2 Å². The number of ether oxygens (including phenoxy) is 1. The van der Waals surface area contributed by atoms with E-state index in [9.17, 15) is 19.1 Å². The van der Waals surface area contributed by atoms with Crippen LogP contribution in [0.1, 0.15) is 6.42 Å². The van der Waals surface area contributed by atoms with Gasteiger partial charge in [-0.05, 0) is 12.5 Å². The van der Waals surface area contributed by atoms with Gasteiger partial charge in [-0.1, -0.05) is 0 Å². The highest BCUT2D eigenvalue weighted by molar-refractivity contribution is 8.02. The molecule has 0 bridgehead atoms. The summed E-state index contributed by atoms with van der Waals surface area (Å²) < 4.78 is 18.9. The summed E-state index contributed by atoms with van der Waals surface area (Å²) in [5.74, 6) is -0.304. The lowest BCUT2D eigenvalue weighted by molar-refractivity contribution is -0.116. The Labute approximate surface area is 177 Å². The number of nitrogens with zero attached hydrogens (tertiary/aromatic N) is 2. The van der Waals surface area contributed by atoms with Crippen LogP contribution in [0.5, 0.6) is 0 Å². The lowest BCUT2D eigenvalue weighted by atomic mass is 10.2. The van der Waals surface area contributed by atoms with Crippen LogP contribution in [0, 0.1) is 0 Å². The molecule has 1 aromatic heterocycles. The Balaban J connectivity index is 1.66. The van der Waals surface area contributed by atoms with E-state index in [-0.39, 0.29) is 24.4 Å². The zero-order valence-electron chi connectivity index (χ0n) is 16.0. The molecule has 162 valence electrons. The molecule has 8 nitrogen and oxygen atoms in total. The van der Waals surface area contributed by atoms with Gasteiger partial charge in [-0.15, -0.1) is 23.4 Å². The van der Waals surface area contributed by atoms with Crippen molar-refractivity contribution in [1.82, 2.24) is 9.47 Å². The average Bonchev–Trinajstić information content (AvgIpc) is 3.05. The molecule has 2 aliphatic heterocycles. The molecule has 0 spiro atoms. The maximum absolute atomic E-state index is 12.9. The smallest absolute Gasteiger partial charge is 0.274 e. The van der Waals surface area contributed by atoms with E-state index in [1.165, 1.54) is 22.5 Å². The van der Waals surface area contributed by atoms with E-state index in [1.807, 2.05) is 0 Å². The molecule has 3 N–H and O–H groups in total. The number of thioether (sulfide) groups is 1. The molecule has 3 atom stereocenters. The van der Waals surface area contributed by atoms with Gasteiger partial charge in [0, 0.05) is 32.4 Å². The maximum atomic E-state index is 12.9. The first-order valence-corrected chi connectivity index (χ1v) is 11.0. The summed E-state index contributed by atoms with van der Waals surface area (Å²) in [6.45, 7) is 3.58. The van der Waals surface area contributed by atoms with Crippen LogP contribution in [-0.2, 0) is 16.1 Å². The van der Waals surface area contributed by atoms with Gasteiger partial charge in [0.05, 0.1) is 36.8 Å². The summed E-state index contributed by atoms with van der Waals surface area (Å²) in [6, 6.07) is 1.56. The second-order valence-electron chi connectivity index (χ2n) is 6.98. The quantitative estimate of drug-likeness (QED) is 0.509. The molecule has 3 unspecified atom stereocenters. The summed E-state index contributed by atoms with van der Waals surface area (Å²) in [5, 5.41) is 15.1. The van der Waals surface area contributed by atoms with Crippen molar-refractivity contribution in [2.24, 2.45) is 0 Å². The van der Waals surface area contributed by atoms with Crippen molar-refractivity contribution >= 4 is 40.6 Å². The normalized spacial score (nSPS) is 25.1. The summed E-state index contributed by atoms with van der Waals surface area (Å²) in [7, 11) is 0. The number of aliphatic hydroxyl groups is 1. The number of rotatable bonds is 8. The fourth-order valence-corrected chi connectivity index (χ4v) is 4.85. The number of hydrogen-bond donors (Lipinski definition) is 3. The van der Waals surface area contributed by atoms with Crippen LogP contribution in [0.2, 0.25) is 0 Å². The van der Waals surface area contributed by atoms with Crippen molar-refractivity contribution in [3.63, 3.8) is 0 Å². The van der Waals surface area contributed by atoms with E-state index in [4.69, 9.17) is 16.3 Å². The van der Waals surface area contributed by atoms with Gasteiger partial charge >= 0.3 is 0 Å². The summed E-state index contributed by atoms with van der Waals surface area (Å²) in [5.41, 5.74) is 0.359. The highest BCUT2D eigenvalue weighted by atomic mass is 35.5. The molecule has 1 amide bonds. The number of aliphatic hydroxyl groups excluding tert-OH is 1. The van der Waals surface area contributed by atoms with E-state index >= 15 is 0 Å². The van der Waals surface area contributed by atoms with Crippen molar-refractivity contribution in [1.29, 1.82) is 0 Å². The number of halogens is 2. The molecule has 2 aliphatic rings. The van der Waals surface area contributed by atoms with Crippen LogP contribution in [0.3, 0.4) is 0 Å². The lowest BCUT2D eigenvalue weighted by Gasteiger charge is -2.26. The van der Waals surface area contributed by atoms with Crippen LogP contribution >= 0.6 is 23.4 Å². The number of aromatic nitrogens is 1. The number of anilines is 2. The molecule has 1 aromatic rings. The molecule has 3 heterocycles. The fraction of sp³-hybridized carbons (Fsp3) is 0.667.